The molecule has 284 valence electrons. The van der Waals surface area contributed by atoms with Crippen LogP contribution in [0.5, 0.6) is 11.5 Å². The molecule has 0 aliphatic carbocycles. The maximum Gasteiger partial charge on any atom is 0.420 e. The van der Waals surface area contributed by atoms with Gasteiger partial charge in [-0.3, -0.25) is 19.5 Å². The fourth-order valence-electron chi connectivity index (χ4n) is 5.94. The van der Waals surface area contributed by atoms with Crippen molar-refractivity contribution in [1.29, 1.82) is 0 Å². The number of ether oxygens (including phenoxy) is 2. The normalized spacial score (nSPS) is 17.1. The van der Waals surface area contributed by atoms with E-state index in [1.165, 1.54) is 40.1 Å². The smallest absolute Gasteiger partial charge is 0.420 e. The summed E-state index contributed by atoms with van der Waals surface area (Å²) in [6.07, 6.45) is -4.95. The number of imide groups is 1. The number of carbonyl (C=O) groups is 2. The number of nitrogens with zero attached hydrogens (tertiary/aromatic N) is 6. The molecule has 5 rings (SSSR count). The third-order valence-electron chi connectivity index (χ3n) is 8.87. The monoisotopic (exact) mass is 754 g/mol. The number of halogens is 3. The van der Waals surface area contributed by atoms with E-state index in [0.717, 1.165) is 17.0 Å². The van der Waals surface area contributed by atoms with Crippen LogP contribution in [0.25, 0.3) is 11.4 Å². The SMILES string of the molecule is CC1(C)C(=O)N(Cc2nc(-c3ccc(Oc4ccccc4S(=O)(=O)CCN(CCO)CCO)c(C(F)(F)F)c3)no2)C(=O)N1CCN1CCOCC1. The second-order valence-electron chi connectivity index (χ2n) is 12.7. The standard InChI is InChI=1S/C33H41F3N6O9S/c1-32(2)30(45)41(31(46)42(32)10-9-39-13-18-49-19-14-39)22-28-37-29(38-51-28)23-7-8-25(24(21-23)33(34,35)36)50-26-5-3-4-6-27(26)52(47,48)20-15-40(11-16-43)12-17-44/h3-8,21,43-44H,9-20,22H2,1-2H3. The number of aliphatic hydroxyl groups excluding tert-OH is 2. The Labute approximate surface area is 298 Å². The summed E-state index contributed by atoms with van der Waals surface area (Å²) < 4.78 is 85.9. The number of aliphatic hydroxyl groups is 2. The molecule has 0 unspecified atom stereocenters. The average Bonchev–Trinajstić information content (AvgIpc) is 3.63. The zero-order chi connectivity index (χ0) is 37.7. The molecule has 0 bridgehead atoms. The van der Waals surface area contributed by atoms with Crippen molar-refractivity contribution in [3.8, 4) is 22.9 Å². The van der Waals surface area contributed by atoms with E-state index in [4.69, 9.17) is 14.0 Å². The molecular weight excluding hydrogens is 713 g/mol. The van der Waals surface area contributed by atoms with Gasteiger partial charge in [-0.05, 0) is 44.2 Å². The lowest BCUT2D eigenvalue weighted by atomic mass is 10.0. The molecule has 0 radical (unpaired) electrons. The Balaban J connectivity index is 1.33. The number of sulfone groups is 1. The first-order valence-electron chi connectivity index (χ1n) is 16.6. The summed E-state index contributed by atoms with van der Waals surface area (Å²) in [4.78, 5) is 36.5. The molecule has 15 nitrogen and oxygen atoms in total. The van der Waals surface area contributed by atoms with Crippen LogP contribution in [-0.4, -0.2) is 144 Å². The van der Waals surface area contributed by atoms with Gasteiger partial charge < -0.3 is 29.1 Å². The van der Waals surface area contributed by atoms with Crippen LogP contribution in [0.3, 0.4) is 0 Å². The number of urea groups is 1. The Morgan fingerprint density at radius 3 is 2.35 bits per heavy atom. The Morgan fingerprint density at radius 2 is 1.67 bits per heavy atom. The highest BCUT2D eigenvalue weighted by Crippen LogP contribution is 2.41. The van der Waals surface area contributed by atoms with E-state index in [1.807, 2.05) is 0 Å². The maximum atomic E-state index is 14.4. The Bertz CT molecular complexity index is 1830. The molecule has 2 aliphatic heterocycles. The molecule has 2 aromatic carbocycles. The number of carbonyl (C=O) groups excluding carboxylic acids is 2. The van der Waals surface area contributed by atoms with E-state index in [-0.39, 0.29) is 60.8 Å². The molecule has 2 aliphatic rings. The predicted octanol–water partition coefficient (Wildman–Crippen LogP) is 2.48. The molecule has 2 N–H and O–H groups in total. The van der Waals surface area contributed by atoms with Gasteiger partial charge in [-0.15, -0.1) is 0 Å². The van der Waals surface area contributed by atoms with Crippen molar-refractivity contribution in [3.63, 3.8) is 0 Å². The van der Waals surface area contributed by atoms with Crippen molar-refractivity contribution >= 4 is 21.8 Å². The molecule has 3 amide bonds. The lowest BCUT2D eigenvalue weighted by molar-refractivity contribution is -0.138. The van der Waals surface area contributed by atoms with Gasteiger partial charge in [0.15, 0.2) is 9.84 Å². The zero-order valence-corrected chi connectivity index (χ0v) is 29.5. The molecular formula is C33H41F3N6O9S. The minimum absolute atomic E-state index is 0.0436. The van der Waals surface area contributed by atoms with Crippen molar-refractivity contribution in [1.82, 2.24) is 29.7 Å². The zero-order valence-electron chi connectivity index (χ0n) is 28.7. The van der Waals surface area contributed by atoms with Gasteiger partial charge in [0, 0.05) is 51.4 Å². The van der Waals surface area contributed by atoms with E-state index >= 15 is 0 Å². The van der Waals surface area contributed by atoms with E-state index < -0.39 is 57.1 Å². The summed E-state index contributed by atoms with van der Waals surface area (Å²) in [7, 11) is -4.08. The predicted molar refractivity (Wildman–Crippen MR) is 178 cm³/mol. The molecule has 1 aromatic heterocycles. The molecule has 52 heavy (non-hydrogen) atoms. The molecule has 19 heteroatoms. The number of amides is 3. The Hall–Kier alpha value is -4.14. The highest BCUT2D eigenvalue weighted by atomic mass is 32.2. The van der Waals surface area contributed by atoms with E-state index in [9.17, 15) is 41.4 Å². The second kappa shape index (κ2) is 16.3. The largest absolute Gasteiger partial charge is 0.455 e. The summed E-state index contributed by atoms with van der Waals surface area (Å²) in [5.41, 5.74) is -2.51. The van der Waals surface area contributed by atoms with Gasteiger partial charge >= 0.3 is 12.2 Å². The van der Waals surface area contributed by atoms with Crippen LogP contribution in [0.2, 0.25) is 0 Å². The molecule has 0 saturated carbocycles. The number of aromatic nitrogens is 2. The van der Waals surface area contributed by atoms with Crippen molar-refractivity contribution in [2.75, 3.05) is 78.0 Å². The van der Waals surface area contributed by atoms with Gasteiger partial charge in [0.25, 0.3) is 5.91 Å². The number of benzene rings is 2. The number of alkyl halides is 3. The van der Waals surface area contributed by atoms with Crippen LogP contribution >= 0.6 is 0 Å². The third kappa shape index (κ3) is 8.89. The number of para-hydroxylation sites is 1. The van der Waals surface area contributed by atoms with Gasteiger partial charge in [-0.1, -0.05) is 17.3 Å². The summed E-state index contributed by atoms with van der Waals surface area (Å²) in [5.74, 6) is -2.37. The van der Waals surface area contributed by atoms with Crippen LogP contribution in [0.15, 0.2) is 51.9 Å². The third-order valence-corrected chi connectivity index (χ3v) is 10.6. The van der Waals surface area contributed by atoms with Crippen LogP contribution in [0.4, 0.5) is 18.0 Å². The molecule has 3 aromatic rings. The quantitative estimate of drug-likeness (QED) is 0.204. The fraction of sp³-hybridized carbons (Fsp3) is 0.515. The highest BCUT2D eigenvalue weighted by Gasteiger charge is 2.51. The van der Waals surface area contributed by atoms with Crippen molar-refractivity contribution < 1.29 is 55.4 Å². The van der Waals surface area contributed by atoms with Crippen molar-refractivity contribution in [3.05, 3.63) is 53.9 Å². The minimum atomic E-state index is -4.95. The van der Waals surface area contributed by atoms with Crippen molar-refractivity contribution in [2.24, 2.45) is 0 Å². The van der Waals surface area contributed by atoms with E-state index in [1.54, 1.807) is 13.8 Å². The summed E-state index contributed by atoms with van der Waals surface area (Å²) in [6, 6.07) is 7.69. The fourth-order valence-corrected chi connectivity index (χ4v) is 7.36. The Morgan fingerprint density at radius 1 is 0.981 bits per heavy atom. The summed E-state index contributed by atoms with van der Waals surface area (Å²) in [6.45, 7) is 5.99. The Kier molecular flexibility index (Phi) is 12.2. The van der Waals surface area contributed by atoms with Gasteiger partial charge in [0.05, 0.1) is 37.7 Å². The number of morpholine rings is 1. The lowest BCUT2D eigenvalue weighted by Gasteiger charge is -2.32. The molecule has 0 spiro atoms. The van der Waals surface area contributed by atoms with E-state index in [2.05, 4.69) is 15.0 Å². The average molecular weight is 755 g/mol. The number of hydrogen-bond acceptors (Lipinski definition) is 13. The maximum absolute atomic E-state index is 14.4. The van der Waals surface area contributed by atoms with Crippen LogP contribution in [-0.2, 0) is 32.1 Å². The molecule has 2 fully saturated rings. The molecule has 0 atom stereocenters. The summed E-state index contributed by atoms with van der Waals surface area (Å²) >= 11 is 0. The van der Waals surface area contributed by atoms with E-state index in [0.29, 0.717) is 39.4 Å². The number of hydrogen-bond donors (Lipinski definition) is 2. The number of rotatable bonds is 16. The van der Waals surface area contributed by atoms with Gasteiger partial charge in [0.2, 0.25) is 11.7 Å². The second-order valence-corrected chi connectivity index (χ2v) is 14.8. The first-order chi connectivity index (χ1) is 24.7. The summed E-state index contributed by atoms with van der Waals surface area (Å²) in [5, 5.41) is 22.2. The van der Waals surface area contributed by atoms with Crippen LogP contribution in [0.1, 0.15) is 25.3 Å². The van der Waals surface area contributed by atoms with Gasteiger partial charge in [-0.25, -0.2) is 13.2 Å². The lowest BCUT2D eigenvalue weighted by Crippen LogP contribution is -2.48. The van der Waals surface area contributed by atoms with Crippen LogP contribution in [0, 0.1) is 0 Å². The first kappa shape index (κ1) is 39.1. The van der Waals surface area contributed by atoms with Gasteiger partial charge in [0.1, 0.15) is 28.5 Å². The topological polar surface area (TPSA) is 179 Å². The highest BCUT2D eigenvalue weighted by molar-refractivity contribution is 7.91. The molecule has 2 saturated heterocycles. The van der Waals surface area contributed by atoms with Crippen LogP contribution < -0.4 is 4.74 Å². The van der Waals surface area contributed by atoms with Crippen molar-refractivity contribution in [2.45, 2.75) is 37.0 Å². The minimum Gasteiger partial charge on any atom is -0.455 e. The first-order valence-corrected chi connectivity index (χ1v) is 18.2. The van der Waals surface area contributed by atoms with Gasteiger partial charge in [-0.2, -0.15) is 18.2 Å². The molecule has 3 heterocycles.